The number of benzene rings is 2. The SMILES string of the molecule is CCCOc1cc[c-]cc1.CCOC(C)Oc1cc[c-]cc1.[O]=[Co]. The third-order valence-corrected chi connectivity index (χ3v) is 2.55. The molecule has 1 atom stereocenters. The predicted octanol–water partition coefficient (Wildman–Crippen LogP) is 4.40. The van der Waals surface area contributed by atoms with Gasteiger partial charge in [-0.1, -0.05) is 6.92 Å². The van der Waals surface area contributed by atoms with Crippen LogP contribution in [0.1, 0.15) is 27.2 Å². The molecule has 0 radical (unpaired) electrons. The van der Waals surface area contributed by atoms with Crippen molar-refractivity contribution in [1.29, 1.82) is 0 Å². The molecule has 135 valence electrons. The van der Waals surface area contributed by atoms with Gasteiger partial charge in [0.2, 0.25) is 0 Å². The Morgan fingerprint density at radius 2 is 1.46 bits per heavy atom. The normalized spacial score (nSPS) is 10.3. The van der Waals surface area contributed by atoms with Crippen LogP contribution in [-0.2, 0) is 24.3 Å². The summed E-state index contributed by atoms with van der Waals surface area (Å²) in [6.45, 7) is 7.37. The van der Waals surface area contributed by atoms with Gasteiger partial charge in [-0.15, -0.1) is 24.3 Å². The van der Waals surface area contributed by atoms with E-state index in [0.29, 0.717) is 6.61 Å². The Bertz CT molecular complexity index is 493. The second kappa shape index (κ2) is 16.2. The van der Waals surface area contributed by atoms with E-state index >= 15 is 0 Å². The standard InChI is InChI=1S/C10H13O2.C9H11O.Co.O/c1-3-11-9(2)12-10-7-5-4-6-8-10;1-2-8-10-9-6-4-3-5-7-9;;/h5-9H,3H2,1-2H3;4-7H,2,8H2,1H3;;/q2*-1;;. The Morgan fingerprint density at radius 1 is 0.958 bits per heavy atom. The van der Waals surface area contributed by atoms with Crippen LogP contribution in [0.3, 0.4) is 0 Å². The zero-order valence-electron chi connectivity index (χ0n) is 14.3. The summed E-state index contributed by atoms with van der Waals surface area (Å²) in [6, 6.07) is 20.7. The van der Waals surface area contributed by atoms with Gasteiger partial charge in [-0.05, 0) is 20.3 Å². The summed E-state index contributed by atoms with van der Waals surface area (Å²) in [5.74, 6) is 1.75. The van der Waals surface area contributed by atoms with Crippen LogP contribution in [-0.4, -0.2) is 19.5 Å². The molecule has 0 fully saturated rings. The van der Waals surface area contributed by atoms with Crippen LogP contribution in [0.4, 0.5) is 0 Å². The molecule has 0 aliphatic carbocycles. The Labute approximate surface area is 152 Å². The Morgan fingerprint density at radius 3 is 1.92 bits per heavy atom. The Hall–Kier alpha value is -1.69. The van der Waals surface area contributed by atoms with Crippen molar-refractivity contribution < 1.29 is 33.7 Å². The molecule has 0 N–H and O–H groups in total. The summed E-state index contributed by atoms with van der Waals surface area (Å²) in [5.41, 5.74) is 0. The predicted molar refractivity (Wildman–Crippen MR) is 88.7 cm³/mol. The van der Waals surface area contributed by atoms with Gasteiger partial charge < -0.3 is 14.2 Å². The molecular formula is C19H24CoO4-2. The molecular weight excluding hydrogens is 351 g/mol. The molecule has 2 aromatic carbocycles. The molecule has 24 heavy (non-hydrogen) atoms. The van der Waals surface area contributed by atoms with Crippen molar-refractivity contribution in [2.75, 3.05) is 13.2 Å². The molecule has 0 saturated carbocycles. The topological polar surface area (TPSA) is 44.8 Å². The van der Waals surface area contributed by atoms with Gasteiger partial charge in [-0.3, -0.25) is 0 Å². The second-order valence-corrected chi connectivity index (χ2v) is 4.46. The first-order valence-corrected chi connectivity index (χ1v) is 8.15. The molecule has 2 rings (SSSR count). The van der Waals surface area contributed by atoms with E-state index in [9.17, 15) is 0 Å². The van der Waals surface area contributed by atoms with E-state index in [-0.39, 0.29) is 6.29 Å². The molecule has 0 aliphatic rings. The minimum atomic E-state index is -0.183. The van der Waals surface area contributed by atoms with Crippen molar-refractivity contribution in [1.82, 2.24) is 0 Å². The van der Waals surface area contributed by atoms with Crippen molar-refractivity contribution in [3.8, 4) is 11.5 Å². The maximum atomic E-state index is 7.94. The fourth-order valence-electron chi connectivity index (χ4n) is 1.60. The van der Waals surface area contributed by atoms with Crippen LogP contribution < -0.4 is 9.47 Å². The summed E-state index contributed by atoms with van der Waals surface area (Å²) < 4.78 is 23.9. The number of rotatable bonds is 7. The van der Waals surface area contributed by atoms with Crippen LogP contribution in [0.25, 0.3) is 0 Å². The van der Waals surface area contributed by atoms with E-state index in [1.54, 1.807) is 0 Å². The molecule has 5 heteroatoms. The van der Waals surface area contributed by atoms with Gasteiger partial charge in [0.15, 0.2) is 6.29 Å². The van der Waals surface area contributed by atoms with Crippen molar-refractivity contribution in [3.63, 3.8) is 0 Å². The fourth-order valence-corrected chi connectivity index (χ4v) is 1.60. The first kappa shape index (κ1) is 22.3. The summed E-state index contributed by atoms with van der Waals surface area (Å²) in [7, 11) is 0. The summed E-state index contributed by atoms with van der Waals surface area (Å²) in [6.07, 6.45) is 0.871. The fraction of sp³-hybridized carbons (Fsp3) is 0.368. The van der Waals surface area contributed by atoms with Gasteiger partial charge in [0.25, 0.3) is 0 Å². The zero-order chi connectivity index (χ0) is 18.0. The maximum absolute atomic E-state index is 7.94. The van der Waals surface area contributed by atoms with Crippen LogP contribution in [0.5, 0.6) is 11.5 Å². The van der Waals surface area contributed by atoms with Crippen molar-refractivity contribution >= 4 is 0 Å². The van der Waals surface area contributed by atoms with Crippen LogP contribution in [0, 0.1) is 12.1 Å². The molecule has 0 heterocycles. The number of ether oxygens (including phenoxy) is 3. The molecule has 4 nitrogen and oxygen atoms in total. The van der Waals surface area contributed by atoms with E-state index in [2.05, 4.69) is 34.7 Å². The van der Waals surface area contributed by atoms with Gasteiger partial charge in [0.05, 0.1) is 6.61 Å². The van der Waals surface area contributed by atoms with Gasteiger partial charge in [-0.2, -0.15) is 36.4 Å². The monoisotopic (exact) mass is 375 g/mol. The second-order valence-electron chi connectivity index (χ2n) is 4.46. The van der Waals surface area contributed by atoms with E-state index in [0.717, 1.165) is 24.5 Å². The third-order valence-electron chi connectivity index (χ3n) is 2.55. The molecule has 2 aromatic rings. The Balaban J connectivity index is 0.000000405. The molecule has 0 spiro atoms. The quantitative estimate of drug-likeness (QED) is 0.531. The molecule has 0 bridgehead atoms. The van der Waals surface area contributed by atoms with Crippen molar-refractivity contribution in [2.45, 2.75) is 33.5 Å². The van der Waals surface area contributed by atoms with Crippen LogP contribution in [0.15, 0.2) is 48.5 Å². The number of hydrogen-bond donors (Lipinski definition) is 0. The molecule has 0 aromatic heterocycles. The average molecular weight is 375 g/mol. The zero-order valence-corrected chi connectivity index (χ0v) is 15.3. The summed E-state index contributed by atoms with van der Waals surface area (Å²) in [4.78, 5) is 0. The van der Waals surface area contributed by atoms with Gasteiger partial charge in [0, 0.05) is 18.1 Å². The first-order chi connectivity index (χ1) is 11.8. The van der Waals surface area contributed by atoms with Crippen molar-refractivity contribution in [2.24, 2.45) is 0 Å². The molecule has 0 amide bonds. The average Bonchev–Trinajstić information content (AvgIpc) is 2.64. The Kier molecular flexibility index (Phi) is 15.0. The molecule has 0 saturated heterocycles. The minimum absolute atomic E-state index is 0.183. The van der Waals surface area contributed by atoms with E-state index in [1.807, 2.05) is 62.4 Å². The van der Waals surface area contributed by atoms with Crippen LogP contribution in [0.2, 0.25) is 0 Å². The van der Waals surface area contributed by atoms with E-state index < -0.39 is 0 Å². The van der Waals surface area contributed by atoms with Gasteiger partial charge >= 0.3 is 19.5 Å². The van der Waals surface area contributed by atoms with E-state index in [1.165, 1.54) is 0 Å². The summed E-state index contributed by atoms with van der Waals surface area (Å²) in [5, 5.41) is 0. The van der Waals surface area contributed by atoms with Crippen LogP contribution >= 0.6 is 0 Å². The van der Waals surface area contributed by atoms with Gasteiger partial charge in [-0.25, -0.2) is 0 Å². The molecule has 1 unspecified atom stereocenters. The number of hydrogen-bond acceptors (Lipinski definition) is 4. The molecule has 0 aliphatic heterocycles. The third kappa shape index (κ3) is 11.8. The first-order valence-electron chi connectivity index (χ1n) is 7.73. The van der Waals surface area contributed by atoms with Gasteiger partial charge in [0.1, 0.15) is 0 Å². The van der Waals surface area contributed by atoms with Crippen molar-refractivity contribution in [3.05, 3.63) is 60.7 Å². The van der Waals surface area contributed by atoms with E-state index in [4.69, 9.17) is 18.1 Å². The summed E-state index contributed by atoms with van der Waals surface area (Å²) >= 11 is 2.31.